The van der Waals surface area contributed by atoms with Gasteiger partial charge in [0, 0.05) is 17.7 Å². The average molecular weight is 243 g/mol. The fraction of sp³-hybridized carbons (Fsp3) is 0.800. The van der Waals surface area contributed by atoms with Gasteiger partial charge < -0.3 is 4.57 Å². The average Bonchev–Trinajstić information content (AvgIpc) is 2.76. The summed E-state index contributed by atoms with van der Waals surface area (Å²) in [6, 6.07) is 0. The van der Waals surface area contributed by atoms with E-state index in [-0.39, 0.29) is 0 Å². The maximum atomic E-state index is 5.26. The SMILES string of the molecule is CCc1n[nH]c(=S)n1CC1(C)CCCS1. The van der Waals surface area contributed by atoms with Crippen LogP contribution in [0, 0.1) is 4.77 Å². The zero-order valence-electron chi connectivity index (χ0n) is 9.25. The van der Waals surface area contributed by atoms with Crippen molar-refractivity contribution in [3.8, 4) is 0 Å². The Hall–Kier alpha value is -0.290. The molecule has 1 saturated heterocycles. The number of nitrogens with zero attached hydrogens (tertiary/aromatic N) is 2. The van der Waals surface area contributed by atoms with E-state index in [2.05, 4.69) is 40.4 Å². The lowest BCUT2D eigenvalue weighted by atomic mass is 10.1. The third-order valence-corrected chi connectivity index (χ3v) is 4.78. The second kappa shape index (κ2) is 4.29. The van der Waals surface area contributed by atoms with Gasteiger partial charge in [-0.3, -0.25) is 5.10 Å². The number of aromatic nitrogens is 3. The van der Waals surface area contributed by atoms with Gasteiger partial charge in [0.05, 0.1) is 0 Å². The minimum Gasteiger partial charge on any atom is -0.303 e. The molecule has 1 N–H and O–H groups in total. The third-order valence-electron chi connectivity index (χ3n) is 2.95. The predicted molar refractivity (Wildman–Crippen MR) is 66.9 cm³/mol. The van der Waals surface area contributed by atoms with Crippen LogP contribution >= 0.6 is 24.0 Å². The summed E-state index contributed by atoms with van der Waals surface area (Å²) >= 11 is 7.32. The van der Waals surface area contributed by atoms with Gasteiger partial charge in [-0.1, -0.05) is 6.92 Å². The highest BCUT2D eigenvalue weighted by atomic mass is 32.2. The summed E-state index contributed by atoms with van der Waals surface area (Å²) < 4.78 is 3.28. The van der Waals surface area contributed by atoms with Crippen LogP contribution in [0.5, 0.6) is 0 Å². The van der Waals surface area contributed by atoms with Crippen molar-refractivity contribution in [3.63, 3.8) is 0 Å². The summed E-state index contributed by atoms with van der Waals surface area (Å²) in [5.41, 5.74) is 0. The van der Waals surface area contributed by atoms with Crippen LogP contribution in [-0.2, 0) is 13.0 Å². The van der Waals surface area contributed by atoms with Crippen LogP contribution in [0.3, 0.4) is 0 Å². The molecule has 1 aromatic heterocycles. The third kappa shape index (κ3) is 2.28. The van der Waals surface area contributed by atoms with Gasteiger partial charge in [-0.15, -0.1) is 0 Å². The van der Waals surface area contributed by atoms with E-state index >= 15 is 0 Å². The topological polar surface area (TPSA) is 33.6 Å². The van der Waals surface area contributed by atoms with E-state index in [1.807, 2.05) is 0 Å². The van der Waals surface area contributed by atoms with Crippen LogP contribution in [0.1, 0.15) is 32.5 Å². The van der Waals surface area contributed by atoms with Gasteiger partial charge in [-0.05, 0) is 37.7 Å². The van der Waals surface area contributed by atoms with Crippen molar-refractivity contribution in [1.29, 1.82) is 0 Å². The van der Waals surface area contributed by atoms with Crippen LogP contribution in [0.25, 0.3) is 0 Å². The minimum atomic E-state index is 0.353. The Morgan fingerprint density at radius 3 is 3.07 bits per heavy atom. The number of nitrogens with one attached hydrogen (secondary N) is 1. The molecular formula is C10H17N3S2. The summed E-state index contributed by atoms with van der Waals surface area (Å²) in [6.45, 7) is 5.45. The number of H-pyrrole nitrogens is 1. The first kappa shape index (κ1) is 11.2. The van der Waals surface area contributed by atoms with Gasteiger partial charge >= 0.3 is 0 Å². The lowest BCUT2D eigenvalue weighted by Gasteiger charge is -2.23. The number of aromatic amines is 1. The molecular weight excluding hydrogens is 226 g/mol. The van der Waals surface area contributed by atoms with E-state index in [0.717, 1.165) is 23.6 Å². The van der Waals surface area contributed by atoms with Gasteiger partial charge in [0.25, 0.3) is 0 Å². The van der Waals surface area contributed by atoms with Gasteiger partial charge in [0.15, 0.2) is 4.77 Å². The van der Waals surface area contributed by atoms with E-state index in [1.54, 1.807) is 0 Å². The molecule has 2 rings (SSSR count). The van der Waals surface area contributed by atoms with Crippen LogP contribution < -0.4 is 0 Å². The zero-order chi connectivity index (χ0) is 10.9. The second-order valence-corrected chi connectivity index (χ2v) is 6.36. The van der Waals surface area contributed by atoms with Crippen molar-refractivity contribution in [1.82, 2.24) is 14.8 Å². The van der Waals surface area contributed by atoms with E-state index in [9.17, 15) is 0 Å². The van der Waals surface area contributed by atoms with Gasteiger partial charge in [-0.2, -0.15) is 16.9 Å². The Bertz CT molecular complexity index is 388. The molecule has 84 valence electrons. The van der Waals surface area contributed by atoms with Gasteiger partial charge in [0.2, 0.25) is 0 Å². The molecule has 0 spiro atoms. The van der Waals surface area contributed by atoms with Crippen molar-refractivity contribution in [2.75, 3.05) is 5.75 Å². The fourth-order valence-corrected chi connectivity index (χ4v) is 3.59. The van der Waals surface area contributed by atoms with Crippen molar-refractivity contribution in [2.45, 2.75) is 44.4 Å². The van der Waals surface area contributed by atoms with E-state index in [4.69, 9.17) is 12.2 Å². The normalized spacial score (nSPS) is 26.0. The van der Waals surface area contributed by atoms with Crippen LogP contribution in [0.4, 0.5) is 0 Å². The molecule has 1 aromatic rings. The molecule has 0 radical (unpaired) electrons. The zero-order valence-corrected chi connectivity index (χ0v) is 10.9. The first-order valence-electron chi connectivity index (χ1n) is 5.43. The summed E-state index contributed by atoms with van der Waals surface area (Å²) in [7, 11) is 0. The number of rotatable bonds is 3. The molecule has 15 heavy (non-hydrogen) atoms. The highest BCUT2D eigenvalue weighted by Crippen LogP contribution is 2.39. The lowest BCUT2D eigenvalue weighted by molar-refractivity contribution is 0.495. The highest BCUT2D eigenvalue weighted by Gasteiger charge is 2.30. The van der Waals surface area contributed by atoms with Crippen LogP contribution in [0.15, 0.2) is 0 Å². The molecule has 0 amide bonds. The number of hydrogen-bond acceptors (Lipinski definition) is 3. The first-order chi connectivity index (χ1) is 7.14. The number of hydrogen-bond donors (Lipinski definition) is 1. The standard InChI is InChI=1S/C10H17N3S2/c1-3-8-11-12-9(14)13(8)7-10(2)5-4-6-15-10/h3-7H2,1-2H3,(H,12,14). The van der Waals surface area contributed by atoms with E-state index in [0.29, 0.717) is 4.75 Å². The van der Waals surface area contributed by atoms with Crippen LogP contribution in [0.2, 0.25) is 0 Å². The maximum Gasteiger partial charge on any atom is 0.195 e. The summed E-state index contributed by atoms with van der Waals surface area (Å²) in [5, 5.41) is 7.13. The molecule has 5 heteroatoms. The highest BCUT2D eigenvalue weighted by molar-refractivity contribution is 8.00. The molecule has 0 aromatic carbocycles. The fourth-order valence-electron chi connectivity index (χ4n) is 2.08. The van der Waals surface area contributed by atoms with Crippen molar-refractivity contribution in [2.24, 2.45) is 0 Å². The van der Waals surface area contributed by atoms with Crippen molar-refractivity contribution >= 4 is 24.0 Å². The van der Waals surface area contributed by atoms with Crippen molar-refractivity contribution in [3.05, 3.63) is 10.6 Å². The first-order valence-corrected chi connectivity index (χ1v) is 6.82. The second-order valence-electron chi connectivity index (χ2n) is 4.29. The molecule has 1 fully saturated rings. The summed E-state index contributed by atoms with van der Waals surface area (Å²) in [6.07, 6.45) is 3.55. The minimum absolute atomic E-state index is 0.353. The molecule has 1 atom stereocenters. The number of aryl methyl sites for hydroxylation is 1. The molecule has 0 bridgehead atoms. The Balaban J connectivity index is 2.22. The maximum absolute atomic E-state index is 5.26. The number of thioether (sulfide) groups is 1. The molecule has 1 unspecified atom stereocenters. The molecule has 3 nitrogen and oxygen atoms in total. The molecule has 1 aliphatic rings. The Morgan fingerprint density at radius 2 is 2.47 bits per heavy atom. The molecule has 0 aliphatic carbocycles. The van der Waals surface area contributed by atoms with Crippen LogP contribution in [-0.4, -0.2) is 25.3 Å². The Morgan fingerprint density at radius 1 is 1.67 bits per heavy atom. The monoisotopic (exact) mass is 243 g/mol. The smallest absolute Gasteiger partial charge is 0.195 e. The van der Waals surface area contributed by atoms with Gasteiger partial charge in [-0.25, -0.2) is 0 Å². The summed E-state index contributed by atoms with van der Waals surface area (Å²) in [4.78, 5) is 0. The van der Waals surface area contributed by atoms with E-state index < -0.39 is 0 Å². The quantitative estimate of drug-likeness (QED) is 0.829. The predicted octanol–water partition coefficient (Wildman–Crippen LogP) is 2.79. The molecule has 0 saturated carbocycles. The Labute approximate surface area is 99.7 Å². The van der Waals surface area contributed by atoms with Gasteiger partial charge in [0.1, 0.15) is 5.82 Å². The summed E-state index contributed by atoms with van der Waals surface area (Å²) in [5.74, 6) is 2.36. The molecule has 2 heterocycles. The largest absolute Gasteiger partial charge is 0.303 e. The lowest BCUT2D eigenvalue weighted by Crippen LogP contribution is -2.24. The van der Waals surface area contributed by atoms with Crippen molar-refractivity contribution < 1.29 is 0 Å². The van der Waals surface area contributed by atoms with E-state index in [1.165, 1.54) is 18.6 Å². The Kier molecular flexibility index (Phi) is 3.21. The molecule has 1 aliphatic heterocycles.